The Hall–Kier alpha value is -0.740. The van der Waals surface area contributed by atoms with Gasteiger partial charge in [-0.05, 0) is 12.3 Å². The topological polar surface area (TPSA) is 59.1 Å². The smallest absolute Gasteiger partial charge is 0.159 e. The molecule has 3 aliphatic rings. The molecule has 0 spiro atoms. The monoisotopic (exact) mass is 166 g/mol. The molecule has 4 heteroatoms. The number of nitrogens with zero attached hydrogens (tertiary/aromatic N) is 1. The first kappa shape index (κ1) is 6.74. The fourth-order valence-corrected chi connectivity index (χ4v) is 2.50. The van der Waals surface area contributed by atoms with Crippen LogP contribution < -0.4 is 5.43 Å². The fourth-order valence-electron chi connectivity index (χ4n) is 2.50. The van der Waals surface area contributed by atoms with E-state index in [0.717, 1.165) is 6.42 Å². The first-order chi connectivity index (χ1) is 5.75. The van der Waals surface area contributed by atoms with Gasteiger partial charge in [-0.25, -0.2) is 10.4 Å². The summed E-state index contributed by atoms with van der Waals surface area (Å²) in [7, 11) is 0. The summed E-state index contributed by atoms with van der Waals surface area (Å²) in [5.41, 5.74) is 3.11. The average Bonchev–Trinajstić information content (AvgIpc) is 2.60. The summed E-state index contributed by atoms with van der Waals surface area (Å²) >= 11 is 0. The highest BCUT2D eigenvalue weighted by Crippen LogP contribution is 2.40. The molecule has 4 atom stereocenters. The van der Waals surface area contributed by atoms with Gasteiger partial charge in [-0.3, -0.25) is 9.59 Å². The molecule has 0 bridgehead atoms. The van der Waals surface area contributed by atoms with Crippen molar-refractivity contribution in [3.05, 3.63) is 0 Å². The van der Waals surface area contributed by atoms with E-state index in [4.69, 9.17) is 0 Å². The predicted molar refractivity (Wildman–Crippen MR) is 39.9 cm³/mol. The first-order valence-corrected chi connectivity index (χ1v) is 4.34. The number of hydrogen-bond donors (Lipinski definition) is 1. The predicted octanol–water partition coefficient (Wildman–Crippen LogP) is -0.547. The summed E-state index contributed by atoms with van der Waals surface area (Å²) in [4.78, 5) is 22.5. The van der Waals surface area contributed by atoms with Crippen molar-refractivity contribution in [3.8, 4) is 0 Å². The van der Waals surface area contributed by atoms with Crippen LogP contribution in [0.3, 0.4) is 0 Å². The molecule has 2 aliphatic heterocycles. The van der Waals surface area contributed by atoms with E-state index in [1.807, 2.05) is 5.01 Å². The number of hydrogen-bond acceptors (Lipinski definition) is 4. The van der Waals surface area contributed by atoms with E-state index < -0.39 is 0 Å². The lowest BCUT2D eigenvalue weighted by atomic mass is 9.83. The standard InChI is InChI=1S/C8H10N2O2/c11-5-1-4-2-7-9-10(7)8(4)6(12)3-5/h4,7-9H,1-3H2. The van der Waals surface area contributed by atoms with Crippen LogP contribution in [0, 0.1) is 5.92 Å². The molecule has 3 fully saturated rings. The lowest BCUT2D eigenvalue weighted by Gasteiger charge is -2.24. The van der Waals surface area contributed by atoms with Gasteiger partial charge >= 0.3 is 0 Å². The lowest BCUT2D eigenvalue weighted by Crippen LogP contribution is -2.41. The summed E-state index contributed by atoms with van der Waals surface area (Å²) < 4.78 is 0. The van der Waals surface area contributed by atoms with Gasteiger partial charge in [0, 0.05) is 6.42 Å². The Kier molecular flexibility index (Phi) is 1.09. The molecule has 1 N–H and O–H groups in total. The molecular formula is C8H10N2O2. The van der Waals surface area contributed by atoms with Crippen LogP contribution in [0.1, 0.15) is 19.3 Å². The van der Waals surface area contributed by atoms with Crippen molar-refractivity contribution in [1.82, 2.24) is 10.4 Å². The van der Waals surface area contributed by atoms with Gasteiger partial charge in [0.1, 0.15) is 5.78 Å². The Morgan fingerprint density at radius 2 is 2.25 bits per heavy atom. The molecule has 2 saturated heterocycles. The van der Waals surface area contributed by atoms with Crippen molar-refractivity contribution < 1.29 is 9.59 Å². The maximum absolute atomic E-state index is 11.4. The Bertz CT molecular complexity index is 276. The van der Waals surface area contributed by atoms with Gasteiger partial charge in [-0.15, -0.1) is 0 Å². The largest absolute Gasteiger partial charge is 0.299 e. The van der Waals surface area contributed by atoms with Crippen molar-refractivity contribution >= 4 is 11.6 Å². The molecule has 12 heavy (non-hydrogen) atoms. The maximum Gasteiger partial charge on any atom is 0.159 e. The van der Waals surface area contributed by atoms with Crippen LogP contribution in [0.4, 0.5) is 0 Å². The Balaban J connectivity index is 1.89. The zero-order valence-electron chi connectivity index (χ0n) is 6.62. The second-order valence-corrected chi connectivity index (χ2v) is 3.88. The quantitative estimate of drug-likeness (QED) is 0.387. The second-order valence-electron chi connectivity index (χ2n) is 3.88. The Morgan fingerprint density at radius 3 is 3.08 bits per heavy atom. The van der Waals surface area contributed by atoms with Gasteiger partial charge < -0.3 is 0 Å². The summed E-state index contributed by atoms with van der Waals surface area (Å²) in [6.07, 6.45) is 2.15. The molecule has 3 rings (SSSR count). The number of hydrazine groups is 1. The van der Waals surface area contributed by atoms with Gasteiger partial charge in [0.15, 0.2) is 5.78 Å². The van der Waals surface area contributed by atoms with Crippen molar-refractivity contribution in [3.63, 3.8) is 0 Å². The van der Waals surface area contributed by atoms with Crippen molar-refractivity contribution in [2.75, 3.05) is 0 Å². The molecule has 64 valence electrons. The average molecular weight is 166 g/mol. The Morgan fingerprint density at radius 1 is 1.42 bits per heavy atom. The fraction of sp³-hybridized carbons (Fsp3) is 0.750. The van der Waals surface area contributed by atoms with Crippen molar-refractivity contribution in [2.45, 2.75) is 31.5 Å². The molecular weight excluding hydrogens is 156 g/mol. The third-order valence-electron chi connectivity index (χ3n) is 3.03. The third kappa shape index (κ3) is 0.738. The van der Waals surface area contributed by atoms with Gasteiger partial charge in [0.05, 0.1) is 18.6 Å². The minimum Gasteiger partial charge on any atom is -0.299 e. The van der Waals surface area contributed by atoms with Crippen LogP contribution in [-0.2, 0) is 9.59 Å². The molecule has 0 aromatic carbocycles. The number of carbonyl (C=O) groups is 2. The van der Waals surface area contributed by atoms with Crippen molar-refractivity contribution in [2.24, 2.45) is 5.92 Å². The highest BCUT2D eigenvalue weighted by Gasteiger charge is 2.56. The summed E-state index contributed by atoms with van der Waals surface area (Å²) in [5.74, 6) is 0.553. The van der Waals surface area contributed by atoms with Gasteiger partial charge in [-0.2, -0.15) is 0 Å². The van der Waals surface area contributed by atoms with E-state index in [-0.39, 0.29) is 24.0 Å². The van der Waals surface area contributed by atoms with Gasteiger partial charge in [0.2, 0.25) is 0 Å². The lowest BCUT2D eigenvalue weighted by molar-refractivity contribution is -0.134. The van der Waals surface area contributed by atoms with E-state index in [1.54, 1.807) is 0 Å². The van der Waals surface area contributed by atoms with Crippen LogP contribution in [0.15, 0.2) is 0 Å². The zero-order valence-corrected chi connectivity index (χ0v) is 6.62. The van der Waals surface area contributed by atoms with Crippen molar-refractivity contribution in [1.29, 1.82) is 0 Å². The SMILES string of the molecule is O=C1CC(=O)C2C(C1)CC1NN12. The molecule has 0 radical (unpaired) electrons. The molecule has 0 aromatic heterocycles. The maximum atomic E-state index is 11.4. The number of ketones is 2. The highest BCUT2D eigenvalue weighted by atomic mass is 16.2. The van der Waals surface area contributed by atoms with Crippen LogP contribution in [0.5, 0.6) is 0 Å². The minimum atomic E-state index is 0.0210. The minimum absolute atomic E-state index is 0.0210. The zero-order chi connectivity index (χ0) is 8.29. The Labute approximate surface area is 69.9 Å². The summed E-state index contributed by atoms with van der Waals surface area (Å²) in [6, 6.07) is 0.0210. The van der Waals surface area contributed by atoms with E-state index in [9.17, 15) is 9.59 Å². The number of carbonyl (C=O) groups excluding carboxylic acids is 2. The van der Waals surface area contributed by atoms with Crippen LogP contribution in [0.25, 0.3) is 0 Å². The molecule has 0 aromatic rings. The number of rotatable bonds is 0. The molecule has 4 unspecified atom stereocenters. The van der Waals surface area contributed by atoms with Gasteiger partial charge in [-0.1, -0.05) is 0 Å². The normalized spacial score (nSPS) is 50.3. The van der Waals surface area contributed by atoms with E-state index in [0.29, 0.717) is 18.5 Å². The van der Waals surface area contributed by atoms with Gasteiger partial charge in [0.25, 0.3) is 0 Å². The first-order valence-electron chi connectivity index (χ1n) is 4.34. The van der Waals surface area contributed by atoms with Crippen LogP contribution >= 0.6 is 0 Å². The van der Waals surface area contributed by atoms with E-state index in [2.05, 4.69) is 5.43 Å². The molecule has 1 aliphatic carbocycles. The second kappa shape index (κ2) is 1.95. The highest BCUT2D eigenvalue weighted by molar-refractivity contribution is 6.04. The summed E-state index contributed by atoms with van der Waals surface area (Å²) in [6.45, 7) is 0. The van der Waals surface area contributed by atoms with Crippen LogP contribution in [0.2, 0.25) is 0 Å². The molecule has 2 heterocycles. The number of fused-ring (bicyclic) bond motifs is 3. The summed E-state index contributed by atoms with van der Waals surface area (Å²) in [5, 5.41) is 2.00. The number of nitrogens with one attached hydrogen (secondary N) is 1. The number of Topliss-reactive ketones (excluding diaryl/α,β-unsaturated/α-hetero) is 2. The molecule has 1 saturated carbocycles. The van der Waals surface area contributed by atoms with E-state index in [1.165, 1.54) is 0 Å². The molecule has 4 nitrogen and oxygen atoms in total. The van der Waals surface area contributed by atoms with E-state index >= 15 is 0 Å². The third-order valence-corrected chi connectivity index (χ3v) is 3.03. The van der Waals surface area contributed by atoms with Crippen LogP contribution in [-0.4, -0.2) is 28.8 Å². The molecule has 0 amide bonds.